The van der Waals surface area contributed by atoms with Gasteiger partial charge in [0.1, 0.15) is 19.2 Å². The normalized spacial score (nSPS) is 12.1. The van der Waals surface area contributed by atoms with E-state index in [1.54, 1.807) is 0 Å². The van der Waals surface area contributed by atoms with Crippen molar-refractivity contribution in [3.8, 4) is 0 Å². The van der Waals surface area contributed by atoms with Crippen molar-refractivity contribution in [2.24, 2.45) is 0 Å². The Morgan fingerprint density at radius 1 is 1.06 bits per heavy atom. The van der Waals surface area contributed by atoms with E-state index in [1.165, 1.54) is 0 Å². The lowest BCUT2D eigenvalue weighted by atomic mass is 10.1. The van der Waals surface area contributed by atoms with Crippen molar-refractivity contribution in [1.29, 1.82) is 0 Å². The molecular weight excluding hydrogens is 498 g/mol. The number of nitrogens with zero attached hydrogens (tertiary/aromatic N) is 2. The Bertz CT molecular complexity index is 1260. The van der Waals surface area contributed by atoms with Crippen LogP contribution in [-0.4, -0.2) is 51.6 Å². The molecule has 2 aromatic carbocycles. The van der Waals surface area contributed by atoms with Crippen molar-refractivity contribution in [1.82, 2.24) is 14.9 Å². The van der Waals surface area contributed by atoms with E-state index in [0.29, 0.717) is 25.6 Å². The lowest BCUT2D eigenvalue weighted by Gasteiger charge is -2.16. The molecule has 0 fully saturated rings. The van der Waals surface area contributed by atoms with Crippen LogP contribution in [0.4, 0.5) is 4.79 Å². The van der Waals surface area contributed by atoms with E-state index >= 15 is 0 Å². The fourth-order valence-electron chi connectivity index (χ4n) is 3.42. The number of hydrogen-bond donors (Lipinski definition) is 1. The van der Waals surface area contributed by atoms with Gasteiger partial charge in [-0.05, 0) is 35.7 Å². The van der Waals surface area contributed by atoms with Crippen LogP contribution in [-0.2, 0) is 50.1 Å². The Labute approximate surface area is 213 Å². The monoisotopic (exact) mass is 533 g/mol. The molecule has 0 aliphatic heterocycles. The molecule has 0 aliphatic carbocycles. The lowest BCUT2D eigenvalue weighted by Crippen LogP contribution is -2.26. The number of imidazole rings is 1. The second-order valence-electron chi connectivity index (χ2n) is 9.82. The maximum Gasteiger partial charge on any atom is 0.407 e. The average Bonchev–Trinajstić information content (AvgIpc) is 3.15. The maximum absolute atomic E-state index is 12.3. The highest BCUT2D eigenvalue weighted by molar-refractivity contribution is 7.85. The van der Waals surface area contributed by atoms with E-state index < -0.39 is 24.3 Å². The summed E-state index contributed by atoms with van der Waals surface area (Å²) >= 11 is 0. The minimum atomic E-state index is -3.49. The van der Waals surface area contributed by atoms with E-state index in [9.17, 15) is 13.2 Å². The zero-order chi connectivity index (χ0) is 26.2. The van der Waals surface area contributed by atoms with E-state index in [1.807, 2.05) is 53.1 Å². The minimum absolute atomic E-state index is 0.0624. The standard InChI is InChI=1S/C25H35N3O6SSi/c1-35(30,31)34-13-12-20-10-11-22-23(16-20)28(19-32-14-15-36(2,3)4)24(27-22)17-26-25(29)33-18-21-8-6-5-7-9-21/h5-11,16H,12-15,17-19H2,1-4H3,(H,26,29). The smallest absolute Gasteiger partial charge is 0.407 e. The molecule has 0 saturated carbocycles. The van der Waals surface area contributed by atoms with Crippen LogP contribution >= 0.6 is 0 Å². The molecule has 3 aromatic rings. The Balaban J connectivity index is 1.70. The van der Waals surface area contributed by atoms with Crippen molar-refractivity contribution in [3.05, 3.63) is 65.5 Å². The summed E-state index contributed by atoms with van der Waals surface area (Å²) in [6, 6.07) is 16.2. The van der Waals surface area contributed by atoms with Crippen LogP contribution in [0.3, 0.4) is 0 Å². The van der Waals surface area contributed by atoms with Gasteiger partial charge in [-0.3, -0.25) is 4.18 Å². The number of alkyl carbamates (subject to hydrolysis) is 1. The summed E-state index contributed by atoms with van der Waals surface area (Å²) in [5.41, 5.74) is 3.42. The van der Waals surface area contributed by atoms with Crippen molar-refractivity contribution in [2.75, 3.05) is 19.5 Å². The van der Waals surface area contributed by atoms with Crippen LogP contribution < -0.4 is 5.32 Å². The summed E-state index contributed by atoms with van der Waals surface area (Å²) < 4.78 is 40.6. The largest absolute Gasteiger partial charge is 0.445 e. The number of nitrogens with one attached hydrogen (secondary N) is 1. The highest BCUT2D eigenvalue weighted by atomic mass is 32.2. The maximum atomic E-state index is 12.3. The third-order valence-corrected chi connectivity index (χ3v) is 7.70. The number of aromatic nitrogens is 2. The first-order valence-corrected chi connectivity index (χ1v) is 17.4. The first kappa shape index (κ1) is 27.8. The van der Waals surface area contributed by atoms with E-state index in [4.69, 9.17) is 13.7 Å². The summed E-state index contributed by atoms with van der Waals surface area (Å²) in [5.74, 6) is 0.638. The van der Waals surface area contributed by atoms with Gasteiger partial charge in [0.25, 0.3) is 10.1 Å². The van der Waals surface area contributed by atoms with Gasteiger partial charge in [0.2, 0.25) is 0 Å². The van der Waals surface area contributed by atoms with E-state index in [2.05, 4.69) is 29.9 Å². The predicted octanol–water partition coefficient (Wildman–Crippen LogP) is 4.29. The molecule has 36 heavy (non-hydrogen) atoms. The Kier molecular flexibility index (Phi) is 9.66. The Hall–Kier alpha value is -2.73. The molecule has 1 heterocycles. The van der Waals surface area contributed by atoms with Crippen LogP contribution in [0.2, 0.25) is 25.7 Å². The van der Waals surface area contributed by atoms with Crippen LogP contribution in [0.5, 0.6) is 0 Å². The number of hydrogen-bond acceptors (Lipinski definition) is 7. The molecule has 0 radical (unpaired) electrons. The summed E-state index contributed by atoms with van der Waals surface area (Å²) in [4.78, 5) is 17.0. The SMILES string of the molecule is C[Si](C)(C)CCOCn1c(CNC(=O)OCc2ccccc2)nc2ccc(CCOS(C)(=O)=O)cc21. The first-order chi connectivity index (χ1) is 17.0. The third kappa shape index (κ3) is 9.38. The molecule has 0 atom stereocenters. The number of benzene rings is 2. The summed E-state index contributed by atoms with van der Waals surface area (Å²) in [7, 11) is -4.73. The molecule has 0 unspecified atom stereocenters. The van der Waals surface area contributed by atoms with Crippen LogP contribution in [0.25, 0.3) is 11.0 Å². The number of carbonyl (C=O) groups excluding carboxylic acids is 1. The molecular formula is C25H35N3O6SSi. The molecule has 0 aliphatic rings. The number of rotatable bonds is 13. The van der Waals surface area contributed by atoms with Gasteiger partial charge in [-0.2, -0.15) is 8.42 Å². The van der Waals surface area contributed by atoms with Crippen LogP contribution in [0.15, 0.2) is 48.5 Å². The van der Waals surface area contributed by atoms with Gasteiger partial charge >= 0.3 is 6.09 Å². The van der Waals surface area contributed by atoms with Crippen molar-refractivity contribution in [2.45, 2.75) is 52.0 Å². The van der Waals surface area contributed by atoms with Crippen LogP contribution in [0, 0.1) is 0 Å². The number of carbonyl (C=O) groups is 1. The van der Waals surface area contributed by atoms with Gasteiger partial charge in [-0.1, -0.05) is 56.0 Å². The fourth-order valence-corrected chi connectivity index (χ4v) is 4.57. The predicted molar refractivity (Wildman–Crippen MR) is 142 cm³/mol. The van der Waals surface area contributed by atoms with Crippen molar-refractivity contribution in [3.63, 3.8) is 0 Å². The molecule has 1 aromatic heterocycles. The molecule has 0 bridgehead atoms. The van der Waals surface area contributed by atoms with Crippen molar-refractivity contribution < 1.29 is 26.9 Å². The van der Waals surface area contributed by atoms with Gasteiger partial charge in [0.05, 0.1) is 30.4 Å². The summed E-state index contributed by atoms with van der Waals surface area (Å²) in [6.07, 6.45) is 0.938. The Morgan fingerprint density at radius 2 is 1.81 bits per heavy atom. The number of amides is 1. The van der Waals surface area contributed by atoms with Gasteiger partial charge < -0.3 is 19.4 Å². The highest BCUT2D eigenvalue weighted by Crippen LogP contribution is 2.20. The van der Waals surface area contributed by atoms with Gasteiger partial charge in [-0.15, -0.1) is 0 Å². The highest BCUT2D eigenvalue weighted by Gasteiger charge is 2.16. The Morgan fingerprint density at radius 3 is 2.50 bits per heavy atom. The molecule has 3 rings (SSSR count). The van der Waals surface area contributed by atoms with Gasteiger partial charge in [0.15, 0.2) is 0 Å². The van der Waals surface area contributed by atoms with Crippen molar-refractivity contribution >= 4 is 35.3 Å². The molecule has 11 heteroatoms. The van der Waals surface area contributed by atoms with Gasteiger partial charge in [-0.25, -0.2) is 9.78 Å². The lowest BCUT2D eigenvalue weighted by molar-refractivity contribution is 0.0873. The molecule has 1 amide bonds. The number of fused-ring (bicyclic) bond motifs is 1. The summed E-state index contributed by atoms with van der Waals surface area (Å²) in [5, 5.41) is 2.77. The minimum Gasteiger partial charge on any atom is -0.445 e. The quantitative estimate of drug-likeness (QED) is 0.198. The van der Waals surface area contributed by atoms with E-state index in [0.717, 1.165) is 34.5 Å². The molecule has 9 nitrogen and oxygen atoms in total. The zero-order valence-corrected chi connectivity index (χ0v) is 23.1. The molecule has 196 valence electrons. The average molecular weight is 534 g/mol. The van der Waals surface area contributed by atoms with Gasteiger partial charge in [0, 0.05) is 14.7 Å². The fraction of sp³-hybridized carbons (Fsp3) is 0.440. The van der Waals surface area contributed by atoms with Crippen LogP contribution in [0.1, 0.15) is 17.0 Å². The first-order valence-electron chi connectivity index (χ1n) is 11.8. The third-order valence-electron chi connectivity index (χ3n) is 5.40. The topological polar surface area (TPSA) is 109 Å². The second kappa shape index (κ2) is 12.5. The zero-order valence-electron chi connectivity index (χ0n) is 21.3. The second-order valence-corrected chi connectivity index (χ2v) is 17.1. The number of ether oxygens (including phenoxy) is 2. The molecule has 0 saturated heterocycles. The molecule has 0 spiro atoms. The molecule has 1 N–H and O–H groups in total. The summed E-state index contributed by atoms with van der Waals surface area (Å²) in [6.45, 7) is 8.24. The van der Waals surface area contributed by atoms with E-state index in [-0.39, 0.29) is 19.8 Å².